The molecule has 1 aromatic rings. The number of likely N-dealkylation sites (tertiary alicyclic amines) is 2. The lowest BCUT2D eigenvalue weighted by Gasteiger charge is -2.33. The summed E-state index contributed by atoms with van der Waals surface area (Å²) in [5.74, 6) is 1.72. The molecule has 0 aromatic carbocycles. The molecule has 0 unspecified atom stereocenters. The van der Waals surface area contributed by atoms with Crippen molar-refractivity contribution in [2.75, 3.05) is 33.3 Å². The first kappa shape index (κ1) is 17.3. The Kier molecular flexibility index (Phi) is 5.13. The van der Waals surface area contributed by atoms with Crippen LogP contribution >= 0.6 is 0 Å². The van der Waals surface area contributed by atoms with Gasteiger partial charge in [0.2, 0.25) is 11.8 Å². The van der Waals surface area contributed by atoms with Gasteiger partial charge >= 0.3 is 0 Å². The highest BCUT2D eigenvalue weighted by Crippen LogP contribution is 2.38. The summed E-state index contributed by atoms with van der Waals surface area (Å²) in [6.45, 7) is 7.57. The number of carbonyl (C=O) groups is 1. The van der Waals surface area contributed by atoms with Gasteiger partial charge in [0, 0.05) is 26.2 Å². The smallest absolute Gasteiger partial charge is 0.236 e. The summed E-state index contributed by atoms with van der Waals surface area (Å²) in [5.41, 5.74) is 2.16. The molecule has 6 nitrogen and oxygen atoms in total. The Morgan fingerprint density at radius 2 is 2.04 bits per heavy atom. The van der Waals surface area contributed by atoms with Crippen molar-refractivity contribution in [1.29, 1.82) is 0 Å². The van der Waals surface area contributed by atoms with Gasteiger partial charge in [-0.3, -0.25) is 9.69 Å². The molecule has 0 saturated carbocycles. The SMILES string of the molecule is COc1c([C@H]2CCCN2CC(=O)N2CCC[C@@H](C)C2)c(C)nn1C. The second kappa shape index (κ2) is 7.13. The van der Waals surface area contributed by atoms with E-state index in [4.69, 9.17) is 4.74 Å². The molecule has 1 aromatic heterocycles. The molecule has 2 aliphatic rings. The first-order valence-corrected chi connectivity index (χ1v) is 9.10. The zero-order valence-electron chi connectivity index (χ0n) is 15.4. The molecule has 0 aliphatic carbocycles. The molecule has 0 N–H and O–H groups in total. The fraction of sp³-hybridized carbons (Fsp3) is 0.778. The van der Waals surface area contributed by atoms with Crippen LogP contribution < -0.4 is 4.74 Å². The van der Waals surface area contributed by atoms with Crippen molar-refractivity contribution >= 4 is 5.91 Å². The molecule has 24 heavy (non-hydrogen) atoms. The van der Waals surface area contributed by atoms with Crippen LogP contribution in [0.15, 0.2) is 0 Å². The van der Waals surface area contributed by atoms with E-state index in [9.17, 15) is 4.79 Å². The first-order chi connectivity index (χ1) is 11.5. The van der Waals surface area contributed by atoms with Gasteiger partial charge in [-0.05, 0) is 45.1 Å². The molecule has 2 saturated heterocycles. The molecule has 134 valence electrons. The van der Waals surface area contributed by atoms with Gasteiger partial charge in [-0.1, -0.05) is 6.92 Å². The third kappa shape index (κ3) is 3.29. The fourth-order valence-corrected chi connectivity index (χ4v) is 4.31. The van der Waals surface area contributed by atoms with Crippen molar-refractivity contribution < 1.29 is 9.53 Å². The summed E-state index contributed by atoms with van der Waals surface area (Å²) in [6, 6.07) is 0.236. The minimum absolute atomic E-state index is 0.236. The third-order valence-electron chi connectivity index (χ3n) is 5.45. The molecular formula is C18H30N4O2. The highest BCUT2D eigenvalue weighted by molar-refractivity contribution is 5.78. The maximum absolute atomic E-state index is 12.8. The van der Waals surface area contributed by atoms with E-state index >= 15 is 0 Å². The topological polar surface area (TPSA) is 50.6 Å². The van der Waals surface area contributed by atoms with Crippen molar-refractivity contribution in [2.24, 2.45) is 13.0 Å². The first-order valence-electron chi connectivity index (χ1n) is 9.10. The van der Waals surface area contributed by atoms with Gasteiger partial charge in [-0.2, -0.15) is 5.10 Å². The van der Waals surface area contributed by atoms with Gasteiger partial charge in [0.05, 0.1) is 24.9 Å². The number of hydrogen-bond acceptors (Lipinski definition) is 4. The van der Waals surface area contributed by atoms with E-state index in [-0.39, 0.29) is 11.9 Å². The largest absolute Gasteiger partial charge is 0.481 e. The normalized spacial score (nSPS) is 25.2. The molecule has 3 rings (SSSR count). The van der Waals surface area contributed by atoms with Gasteiger partial charge in [0.15, 0.2) is 0 Å². The maximum atomic E-state index is 12.8. The molecule has 2 aliphatic heterocycles. The van der Waals surface area contributed by atoms with Crippen LogP contribution in [0.25, 0.3) is 0 Å². The Bertz CT molecular complexity index is 598. The van der Waals surface area contributed by atoms with Crippen LogP contribution in [0, 0.1) is 12.8 Å². The third-order valence-corrected chi connectivity index (χ3v) is 5.45. The zero-order chi connectivity index (χ0) is 17.3. The maximum Gasteiger partial charge on any atom is 0.236 e. The number of aromatic nitrogens is 2. The van der Waals surface area contributed by atoms with Crippen LogP contribution in [-0.4, -0.2) is 58.8 Å². The van der Waals surface area contributed by atoms with Crippen molar-refractivity contribution in [3.63, 3.8) is 0 Å². The minimum atomic E-state index is 0.236. The van der Waals surface area contributed by atoms with Gasteiger partial charge in [-0.15, -0.1) is 0 Å². The Morgan fingerprint density at radius 1 is 1.29 bits per heavy atom. The number of ether oxygens (including phenoxy) is 1. The number of rotatable bonds is 4. The lowest BCUT2D eigenvalue weighted by atomic mass is 10.0. The zero-order valence-corrected chi connectivity index (χ0v) is 15.4. The number of carbonyl (C=O) groups excluding carboxylic acids is 1. The van der Waals surface area contributed by atoms with Crippen LogP contribution in [0.4, 0.5) is 0 Å². The monoisotopic (exact) mass is 334 g/mol. The quantitative estimate of drug-likeness (QED) is 0.846. The molecule has 0 radical (unpaired) electrons. The second-order valence-electron chi connectivity index (χ2n) is 7.35. The summed E-state index contributed by atoms with van der Waals surface area (Å²) < 4.78 is 7.37. The lowest BCUT2D eigenvalue weighted by Crippen LogP contribution is -2.44. The summed E-state index contributed by atoms with van der Waals surface area (Å²) in [4.78, 5) is 17.1. The van der Waals surface area contributed by atoms with E-state index in [0.717, 1.165) is 56.0 Å². The van der Waals surface area contributed by atoms with Crippen molar-refractivity contribution in [3.05, 3.63) is 11.3 Å². The molecule has 1 amide bonds. The number of methoxy groups -OCH3 is 1. The Hall–Kier alpha value is -1.56. The van der Waals surface area contributed by atoms with Crippen LogP contribution in [-0.2, 0) is 11.8 Å². The summed E-state index contributed by atoms with van der Waals surface area (Å²) in [6.07, 6.45) is 4.55. The standard InChI is InChI=1S/C18H30N4O2/c1-13-7-5-10-22(11-13)16(23)12-21-9-6-8-15(21)17-14(2)19-20(3)18(17)24-4/h13,15H,5-12H2,1-4H3/t13-,15-/m1/s1. The van der Waals surface area contributed by atoms with E-state index in [2.05, 4.69) is 21.8 Å². The fourth-order valence-electron chi connectivity index (χ4n) is 4.31. The van der Waals surface area contributed by atoms with Gasteiger partial charge in [0.1, 0.15) is 0 Å². The van der Waals surface area contributed by atoms with E-state index in [1.54, 1.807) is 11.8 Å². The molecule has 2 fully saturated rings. The predicted octanol–water partition coefficient (Wildman–Crippen LogP) is 2.13. The Morgan fingerprint density at radius 3 is 2.75 bits per heavy atom. The Labute approximate surface area is 144 Å². The van der Waals surface area contributed by atoms with E-state index in [1.807, 2.05) is 14.0 Å². The van der Waals surface area contributed by atoms with Crippen molar-refractivity contribution in [3.8, 4) is 5.88 Å². The summed E-state index contributed by atoms with van der Waals surface area (Å²) in [7, 11) is 3.61. The molecular weight excluding hydrogens is 304 g/mol. The predicted molar refractivity (Wildman–Crippen MR) is 93.0 cm³/mol. The van der Waals surface area contributed by atoms with Crippen molar-refractivity contribution in [1.82, 2.24) is 19.6 Å². The van der Waals surface area contributed by atoms with Crippen molar-refractivity contribution in [2.45, 2.75) is 45.6 Å². The van der Waals surface area contributed by atoms with Gasteiger partial charge in [-0.25, -0.2) is 4.68 Å². The molecule has 6 heteroatoms. The number of piperidine rings is 1. The average molecular weight is 334 g/mol. The number of amides is 1. The van der Waals surface area contributed by atoms with Crippen LogP contribution in [0.1, 0.15) is 49.9 Å². The highest BCUT2D eigenvalue weighted by atomic mass is 16.5. The number of nitrogens with zero attached hydrogens (tertiary/aromatic N) is 4. The van der Waals surface area contributed by atoms with Gasteiger partial charge in [0.25, 0.3) is 0 Å². The van der Waals surface area contributed by atoms with Gasteiger partial charge < -0.3 is 9.64 Å². The minimum Gasteiger partial charge on any atom is -0.481 e. The highest BCUT2D eigenvalue weighted by Gasteiger charge is 2.34. The Balaban J connectivity index is 1.73. The van der Waals surface area contributed by atoms with Crippen LogP contribution in [0.3, 0.4) is 0 Å². The second-order valence-corrected chi connectivity index (χ2v) is 7.35. The molecule has 0 bridgehead atoms. The van der Waals surface area contributed by atoms with E-state index in [0.29, 0.717) is 12.5 Å². The average Bonchev–Trinajstić information content (AvgIpc) is 3.10. The summed E-state index contributed by atoms with van der Waals surface area (Å²) in [5, 5.41) is 4.51. The molecule has 3 heterocycles. The van der Waals surface area contributed by atoms with E-state index in [1.165, 1.54) is 6.42 Å². The van der Waals surface area contributed by atoms with Crippen LogP contribution in [0.2, 0.25) is 0 Å². The lowest BCUT2D eigenvalue weighted by molar-refractivity contribution is -0.134. The van der Waals surface area contributed by atoms with Crippen LogP contribution in [0.5, 0.6) is 5.88 Å². The number of aryl methyl sites for hydroxylation is 2. The molecule has 2 atom stereocenters. The molecule has 0 spiro atoms. The summed E-state index contributed by atoms with van der Waals surface area (Å²) >= 11 is 0. The number of hydrogen-bond donors (Lipinski definition) is 0. The van der Waals surface area contributed by atoms with E-state index < -0.39 is 0 Å².